The minimum absolute atomic E-state index is 0.392. The molecule has 1 saturated carbocycles. The van der Waals surface area contributed by atoms with Gasteiger partial charge in [-0.3, -0.25) is 0 Å². The average molecular weight is 182 g/mol. The molecule has 2 N–H and O–H groups in total. The van der Waals surface area contributed by atoms with E-state index in [1.165, 1.54) is 45.2 Å². The second-order valence-electron chi connectivity index (χ2n) is 4.84. The van der Waals surface area contributed by atoms with E-state index >= 15 is 0 Å². The van der Waals surface area contributed by atoms with Crippen LogP contribution in [-0.2, 0) is 0 Å². The number of rotatable bonds is 2. The molecule has 1 aliphatic heterocycles. The first kappa shape index (κ1) is 9.47. The Balaban J connectivity index is 1.84. The Morgan fingerprint density at radius 1 is 1.23 bits per heavy atom. The van der Waals surface area contributed by atoms with E-state index in [0.717, 1.165) is 12.0 Å². The van der Waals surface area contributed by atoms with Crippen LogP contribution in [0.15, 0.2) is 0 Å². The Kier molecular flexibility index (Phi) is 2.89. The van der Waals surface area contributed by atoms with Crippen molar-refractivity contribution in [2.24, 2.45) is 11.7 Å². The maximum absolute atomic E-state index is 5.96. The van der Waals surface area contributed by atoms with Crippen molar-refractivity contribution in [2.75, 3.05) is 13.1 Å². The molecule has 0 amide bonds. The molecule has 0 aromatic heterocycles. The van der Waals surface area contributed by atoms with E-state index in [2.05, 4.69) is 11.8 Å². The van der Waals surface area contributed by atoms with Gasteiger partial charge in [0.2, 0.25) is 0 Å². The molecule has 1 saturated heterocycles. The van der Waals surface area contributed by atoms with Gasteiger partial charge in [0.25, 0.3) is 0 Å². The monoisotopic (exact) mass is 182 g/mol. The van der Waals surface area contributed by atoms with Crippen molar-refractivity contribution < 1.29 is 0 Å². The van der Waals surface area contributed by atoms with Gasteiger partial charge in [0, 0.05) is 18.6 Å². The van der Waals surface area contributed by atoms with Gasteiger partial charge < -0.3 is 10.6 Å². The zero-order chi connectivity index (χ0) is 9.26. The zero-order valence-corrected chi connectivity index (χ0v) is 8.71. The molecule has 0 aromatic carbocycles. The molecular weight excluding hydrogens is 160 g/mol. The third-order valence-electron chi connectivity index (χ3n) is 3.82. The molecule has 2 heteroatoms. The number of hydrogen-bond donors (Lipinski definition) is 1. The van der Waals surface area contributed by atoms with E-state index in [1.54, 1.807) is 0 Å². The van der Waals surface area contributed by atoms with Crippen LogP contribution < -0.4 is 5.73 Å². The fourth-order valence-electron chi connectivity index (χ4n) is 2.55. The lowest BCUT2D eigenvalue weighted by Crippen LogP contribution is -2.49. The molecule has 0 spiro atoms. The minimum Gasteiger partial charge on any atom is -0.328 e. The molecule has 0 bridgehead atoms. The van der Waals surface area contributed by atoms with Gasteiger partial charge in [-0.05, 0) is 45.1 Å². The summed E-state index contributed by atoms with van der Waals surface area (Å²) in [5.41, 5.74) is 5.96. The van der Waals surface area contributed by atoms with Gasteiger partial charge in [-0.1, -0.05) is 6.42 Å². The predicted molar refractivity (Wildman–Crippen MR) is 55.6 cm³/mol. The lowest BCUT2D eigenvalue weighted by atomic mass is 9.86. The highest BCUT2D eigenvalue weighted by Gasteiger charge is 2.30. The van der Waals surface area contributed by atoms with Crippen molar-refractivity contribution >= 4 is 0 Å². The molecule has 2 rings (SSSR count). The van der Waals surface area contributed by atoms with E-state index in [1.807, 2.05) is 0 Å². The fourth-order valence-corrected chi connectivity index (χ4v) is 2.55. The van der Waals surface area contributed by atoms with E-state index in [4.69, 9.17) is 5.73 Å². The molecule has 2 nitrogen and oxygen atoms in total. The Hall–Kier alpha value is -0.0800. The van der Waals surface area contributed by atoms with Crippen LogP contribution in [0.3, 0.4) is 0 Å². The summed E-state index contributed by atoms with van der Waals surface area (Å²) in [6.45, 7) is 4.76. The van der Waals surface area contributed by atoms with Crippen molar-refractivity contribution in [1.82, 2.24) is 4.90 Å². The smallest absolute Gasteiger partial charge is 0.00954 e. The normalized spacial score (nSPS) is 34.2. The third kappa shape index (κ3) is 2.05. The summed E-state index contributed by atoms with van der Waals surface area (Å²) in [5, 5.41) is 0. The zero-order valence-electron chi connectivity index (χ0n) is 8.71. The van der Waals surface area contributed by atoms with Crippen LogP contribution in [-0.4, -0.2) is 30.1 Å². The van der Waals surface area contributed by atoms with Crippen LogP contribution in [0, 0.1) is 5.92 Å². The summed E-state index contributed by atoms with van der Waals surface area (Å²) < 4.78 is 0. The topological polar surface area (TPSA) is 29.3 Å². The summed E-state index contributed by atoms with van der Waals surface area (Å²) >= 11 is 0. The summed E-state index contributed by atoms with van der Waals surface area (Å²) in [7, 11) is 0. The van der Waals surface area contributed by atoms with Gasteiger partial charge in [-0.2, -0.15) is 0 Å². The van der Waals surface area contributed by atoms with Crippen molar-refractivity contribution in [2.45, 2.75) is 51.1 Å². The second kappa shape index (κ2) is 3.97. The maximum Gasteiger partial charge on any atom is 0.00954 e. The molecule has 2 atom stereocenters. The van der Waals surface area contributed by atoms with Crippen molar-refractivity contribution in [3.05, 3.63) is 0 Å². The molecule has 2 fully saturated rings. The summed E-state index contributed by atoms with van der Waals surface area (Å²) in [4.78, 5) is 2.68. The average Bonchev–Trinajstić information content (AvgIpc) is 2.01. The molecule has 13 heavy (non-hydrogen) atoms. The summed E-state index contributed by atoms with van der Waals surface area (Å²) in [6, 6.07) is 1.31. The molecule has 0 unspecified atom stereocenters. The lowest BCUT2D eigenvalue weighted by molar-refractivity contribution is 0.0710. The molecule has 1 aliphatic carbocycles. The highest BCUT2D eigenvalue weighted by molar-refractivity contribution is 4.86. The number of nitrogens with two attached hydrogens (primary N) is 1. The highest BCUT2D eigenvalue weighted by Crippen LogP contribution is 2.29. The van der Waals surface area contributed by atoms with E-state index in [9.17, 15) is 0 Å². The van der Waals surface area contributed by atoms with Crippen LogP contribution in [0.5, 0.6) is 0 Å². The van der Waals surface area contributed by atoms with Gasteiger partial charge in [0.1, 0.15) is 0 Å². The first-order valence-corrected chi connectivity index (χ1v) is 5.77. The lowest BCUT2D eigenvalue weighted by Gasteiger charge is -2.43. The Morgan fingerprint density at radius 3 is 2.54 bits per heavy atom. The molecule has 76 valence electrons. The van der Waals surface area contributed by atoms with E-state index in [-0.39, 0.29) is 0 Å². The van der Waals surface area contributed by atoms with E-state index in [0.29, 0.717) is 6.04 Å². The largest absolute Gasteiger partial charge is 0.328 e. The first-order chi connectivity index (χ1) is 6.27. The Morgan fingerprint density at radius 2 is 2.00 bits per heavy atom. The molecule has 0 radical (unpaired) electrons. The second-order valence-corrected chi connectivity index (χ2v) is 4.84. The van der Waals surface area contributed by atoms with Crippen LogP contribution in [0.2, 0.25) is 0 Å². The fraction of sp³-hybridized carbons (Fsp3) is 1.00. The van der Waals surface area contributed by atoms with Gasteiger partial charge >= 0.3 is 0 Å². The van der Waals surface area contributed by atoms with Gasteiger partial charge in [0.05, 0.1) is 0 Å². The molecule has 1 heterocycles. The Bertz CT molecular complexity index is 163. The predicted octanol–water partition coefficient (Wildman–Crippen LogP) is 1.60. The first-order valence-electron chi connectivity index (χ1n) is 5.77. The maximum atomic E-state index is 5.96. The molecular formula is C11H22N2. The van der Waals surface area contributed by atoms with Gasteiger partial charge in [-0.25, -0.2) is 0 Å². The Labute approximate surface area is 81.5 Å². The standard InChI is InChI=1S/C11H22N2/c1-9(12)10-4-3-7-13(8-10)11-5-2-6-11/h9-11H,2-8,12H2,1H3/t9-,10+/m1/s1. The van der Waals surface area contributed by atoms with Crippen LogP contribution in [0.25, 0.3) is 0 Å². The van der Waals surface area contributed by atoms with Crippen LogP contribution in [0.4, 0.5) is 0 Å². The van der Waals surface area contributed by atoms with Gasteiger partial charge in [0.15, 0.2) is 0 Å². The van der Waals surface area contributed by atoms with Crippen molar-refractivity contribution in [3.63, 3.8) is 0 Å². The molecule has 2 aliphatic rings. The van der Waals surface area contributed by atoms with Crippen molar-refractivity contribution in [1.29, 1.82) is 0 Å². The highest BCUT2D eigenvalue weighted by atomic mass is 15.2. The third-order valence-corrected chi connectivity index (χ3v) is 3.82. The number of hydrogen-bond acceptors (Lipinski definition) is 2. The summed E-state index contributed by atoms with van der Waals surface area (Å²) in [5.74, 6) is 0.759. The van der Waals surface area contributed by atoms with E-state index < -0.39 is 0 Å². The minimum atomic E-state index is 0.392. The quantitative estimate of drug-likeness (QED) is 0.703. The van der Waals surface area contributed by atoms with Crippen molar-refractivity contribution in [3.8, 4) is 0 Å². The van der Waals surface area contributed by atoms with Crippen LogP contribution in [0.1, 0.15) is 39.0 Å². The SMILES string of the molecule is C[C@@H](N)[C@H]1CCCN(C2CCC2)C1. The van der Waals surface area contributed by atoms with Gasteiger partial charge in [-0.15, -0.1) is 0 Å². The van der Waals surface area contributed by atoms with Crippen LogP contribution >= 0.6 is 0 Å². The summed E-state index contributed by atoms with van der Waals surface area (Å²) in [6.07, 6.45) is 7.03. The number of nitrogens with zero attached hydrogens (tertiary/aromatic N) is 1. The number of piperidine rings is 1. The molecule has 0 aromatic rings. The number of likely N-dealkylation sites (tertiary alicyclic amines) is 1.